The summed E-state index contributed by atoms with van der Waals surface area (Å²) >= 11 is 0. The van der Waals surface area contributed by atoms with Gasteiger partial charge in [0.25, 0.3) is 5.91 Å². The zero-order chi connectivity index (χ0) is 20.2. The van der Waals surface area contributed by atoms with E-state index >= 15 is 0 Å². The number of carbonyl (C=O) groups excluding carboxylic acids is 2. The van der Waals surface area contributed by atoms with E-state index in [4.69, 9.17) is 0 Å². The number of hydrogen-bond acceptors (Lipinski definition) is 3. The van der Waals surface area contributed by atoms with Crippen LogP contribution < -0.4 is 10.9 Å². The van der Waals surface area contributed by atoms with Gasteiger partial charge in [-0.25, -0.2) is 9.37 Å². The second-order valence-electron chi connectivity index (χ2n) is 6.46. The van der Waals surface area contributed by atoms with Crippen LogP contribution in [-0.2, 0) is 11.2 Å². The minimum atomic E-state index is -0.431. The second kappa shape index (κ2) is 7.93. The normalized spacial score (nSPS) is 10.7. The van der Waals surface area contributed by atoms with Crippen LogP contribution in [0.1, 0.15) is 15.9 Å². The third kappa shape index (κ3) is 4.14. The summed E-state index contributed by atoms with van der Waals surface area (Å²) in [5.74, 6) is -1.19. The van der Waals surface area contributed by atoms with Crippen LogP contribution in [0.4, 0.5) is 4.39 Å². The summed E-state index contributed by atoms with van der Waals surface area (Å²) in [6.45, 7) is 0. The average molecular weight is 388 g/mol. The van der Waals surface area contributed by atoms with Crippen molar-refractivity contribution in [1.29, 1.82) is 0 Å². The number of amides is 2. The molecule has 7 heteroatoms. The minimum Gasteiger partial charge on any atom is -0.299 e. The Hall–Kier alpha value is -4.00. The number of nitrogens with zero attached hydrogens (tertiary/aromatic N) is 2. The van der Waals surface area contributed by atoms with Gasteiger partial charge >= 0.3 is 0 Å². The number of fused-ring (bicyclic) bond motifs is 1. The van der Waals surface area contributed by atoms with Crippen LogP contribution in [0.3, 0.4) is 0 Å². The average Bonchev–Trinajstić information content (AvgIpc) is 3.18. The summed E-state index contributed by atoms with van der Waals surface area (Å²) in [6, 6.07) is 20.4. The first kappa shape index (κ1) is 18.4. The number of aromatic nitrogens is 2. The van der Waals surface area contributed by atoms with Crippen molar-refractivity contribution in [2.75, 3.05) is 0 Å². The molecule has 0 aliphatic heterocycles. The fourth-order valence-corrected chi connectivity index (χ4v) is 2.97. The number of hydrogen-bond donors (Lipinski definition) is 2. The molecular formula is C22H17FN4O2. The van der Waals surface area contributed by atoms with Gasteiger partial charge in [-0.3, -0.25) is 25.0 Å². The molecule has 4 rings (SSSR count). The van der Waals surface area contributed by atoms with Gasteiger partial charge in [-0.15, -0.1) is 0 Å². The van der Waals surface area contributed by atoms with Crippen LogP contribution >= 0.6 is 0 Å². The number of nitrogens with one attached hydrogen (secondary N) is 2. The van der Waals surface area contributed by atoms with Gasteiger partial charge < -0.3 is 0 Å². The van der Waals surface area contributed by atoms with Crippen LogP contribution in [0.5, 0.6) is 0 Å². The first-order chi connectivity index (χ1) is 14.1. The molecular weight excluding hydrogens is 371 g/mol. The molecule has 3 aromatic carbocycles. The molecule has 2 N–H and O–H groups in total. The lowest BCUT2D eigenvalue weighted by Gasteiger charge is -2.09. The van der Waals surface area contributed by atoms with E-state index < -0.39 is 11.8 Å². The van der Waals surface area contributed by atoms with Crippen molar-refractivity contribution >= 4 is 22.8 Å². The lowest BCUT2D eigenvalue weighted by atomic mass is 10.1. The SMILES string of the molecule is O=C(Cc1ccc(F)cc1)NNC(=O)c1ccc(-n2cnc3ccccc32)cc1. The predicted octanol–water partition coefficient (Wildman–Crippen LogP) is 3.17. The van der Waals surface area contributed by atoms with Crippen LogP contribution in [-0.4, -0.2) is 21.4 Å². The quantitative estimate of drug-likeness (QED) is 0.527. The molecule has 1 heterocycles. The second-order valence-corrected chi connectivity index (χ2v) is 6.46. The third-order valence-corrected chi connectivity index (χ3v) is 4.45. The molecule has 2 amide bonds. The van der Waals surface area contributed by atoms with Crippen molar-refractivity contribution in [3.05, 3.63) is 96.1 Å². The van der Waals surface area contributed by atoms with E-state index in [1.165, 1.54) is 24.3 Å². The van der Waals surface area contributed by atoms with Crippen LogP contribution in [0.2, 0.25) is 0 Å². The molecule has 0 atom stereocenters. The maximum absolute atomic E-state index is 12.9. The van der Waals surface area contributed by atoms with Gasteiger partial charge in [-0.2, -0.15) is 0 Å². The minimum absolute atomic E-state index is 0.0349. The number of benzene rings is 3. The van der Waals surface area contributed by atoms with Crippen LogP contribution in [0.15, 0.2) is 79.1 Å². The standard InChI is InChI=1S/C22H17FN4O2/c23-17-9-5-15(6-10-17)13-21(28)25-26-22(29)16-7-11-18(12-8-16)27-14-24-19-3-1-2-4-20(19)27/h1-12,14H,13H2,(H,25,28)(H,26,29). The lowest BCUT2D eigenvalue weighted by Crippen LogP contribution is -2.42. The van der Waals surface area contributed by atoms with Crippen molar-refractivity contribution in [3.8, 4) is 5.69 Å². The molecule has 0 aliphatic rings. The highest BCUT2D eigenvalue weighted by atomic mass is 19.1. The zero-order valence-electron chi connectivity index (χ0n) is 15.3. The van der Waals surface area contributed by atoms with Crippen LogP contribution in [0.25, 0.3) is 16.7 Å². The molecule has 0 bridgehead atoms. The first-order valence-corrected chi connectivity index (χ1v) is 8.96. The maximum Gasteiger partial charge on any atom is 0.269 e. The Bertz CT molecular complexity index is 1170. The Labute approximate surface area is 166 Å². The van der Waals surface area contributed by atoms with Crippen molar-refractivity contribution in [1.82, 2.24) is 20.4 Å². The zero-order valence-corrected chi connectivity index (χ0v) is 15.3. The summed E-state index contributed by atoms with van der Waals surface area (Å²) in [5.41, 5.74) is 8.52. The molecule has 0 saturated carbocycles. The summed E-state index contributed by atoms with van der Waals surface area (Å²) in [5, 5.41) is 0. The number of halogens is 1. The number of imidazole rings is 1. The van der Waals surface area contributed by atoms with E-state index in [-0.39, 0.29) is 12.2 Å². The Kier molecular flexibility index (Phi) is 5.03. The number of carbonyl (C=O) groups is 2. The van der Waals surface area contributed by atoms with Gasteiger partial charge in [-0.1, -0.05) is 24.3 Å². The highest BCUT2D eigenvalue weighted by molar-refractivity contribution is 5.95. The third-order valence-electron chi connectivity index (χ3n) is 4.45. The molecule has 0 fully saturated rings. The maximum atomic E-state index is 12.9. The molecule has 144 valence electrons. The highest BCUT2D eigenvalue weighted by Gasteiger charge is 2.09. The molecule has 1 aromatic heterocycles. The topological polar surface area (TPSA) is 76.0 Å². The van der Waals surface area contributed by atoms with E-state index in [1.54, 1.807) is 18.5 Å². The fraction of sp³-hybridized carbons (Fsp3) is 0.0455. The summed E-state index contributed by atoms with van der Waals surface area (Å²) in [7, 11) is 0. The predicted molar refractivity (Wildman–Crippen MR) is 107 cm³/mol. The van der Waals surface area contributed by atoms with E-state index in [1.807, 2.05) is 41.0 Å². The van der Waals surface area contributed by atoms with Crippen LogP contribution in [0, 0.1) is 5.82 Å². The molecule has 29 heavy (non-hydrogen) atoms. The molecule has 0 aliphatic carbocycles. The Balaban J connectivity index is 1.38. The van der Waals surface area contributed by atoms with Crippen molar-refractivity contribution < 1.29 is 14.0 Å². The van der Waals surface area contributed by atoms with E-state index in [0.717, 1.165) is 16.7 Å². The molecule has 6 nitrogen and oxygen atoms in total. The van der Waals surface area contributed by atoms with Gasteiger partial charge in [-0.05, 0) is 54.1 Å². The summed E-state index contributed by atoms with van der Waals surface area (Å²) < 4.78 is 14.8. The van der Waals surface area contributed by atoms with E-state index in [9.17, 15) is 14.0 Å². The van der Waals surface area contributed by atoms with Gasteiger partial charge in [0.2, 0.25) is 5.91 Å². The Morgan fingerprint density at radius 1 is 0.897 bits per heavy atom. The highest BCUT2D eigenvalue weighted by Crippen LogP contribution is 2.18. The molecule has 0 spiro atoms. The van der Waals surface area contributed by atoms with Gasteiger partial charge in [0, 0.05) is 11.3 Å². The van der Waals surface area contributed by atoms with E-state index in [0.29, 0.717) is 11.1 Å². The van der Waals surface area contributed by atoms with Crippen molar-refractivity contribution in [3.63, 3.8) is 0 Å². The fourth-order valence-electron chi connectivity index (χ4n) is 2.97. The lowest BCUT2D eigenvalue weighted by molar-refractivity contribution is -0.121. The largest absolute Gasteiger partial charge is 0.299 e. The Morgan fingerprint density at radius 2 is 1.62 bits per heavy atom. The number of hydrazine groups is 1. The first-order valence-electron chi connectivity index (χ1n) is 8.96. The van der Waals surface area contributed by atoms with Gasteiger partial charge in [0.15, 0.2) is 0 Å². The summed E-state index contributed by atoms with van der Waals surface area (Å²) in [6.07, 6.45) is 1.77. The number of rotatable bonds is 4. The molecule has 0 saturated heterocycles. The molecule has 0 unspecified atom stereocenters. The monoisotopic (exact) mass is 388 g/mol. The summed E-state index contributed by atoms with van der Waals surface area (Å²) in [4.78, 5) is 28.6. The van der Waals surface area contributed by atoms with E-state index in [2.05, 4.69) is 15.8 Å². The van der Waals surface area contributed by atoms with Gasteiger partial charge in [0.1, 0.15) is 12.1 Å². The smallest absolute Gasteiger partial charge is 0.269 e. The Morgan fingerprint density at radius 3 is 2.38 bits per heavy atom. The molecule has 0 radical (unpaired) electrons. The molecule has 4 aromatic rings. The van der Waals surface area contributed by atoms with Crippen molar-refractivity contribution in [2.24, 2.45) is 0 Å². The van der Waals surface area contributed by atoms with Crippen molar-refractivity contribution in [2.45, 2.75) is 6.42 Å². The number of para-hydroxylation sites is 2. The van der Waals surface area contributed by atoms with Gasteiger partial charge in [0.05, 0.1) is 17.5 Å².